The maximum atomic E-state index is 5.02. The monoisotopic (exact) mass is 193 g/mol. The van der Waals surface area contributed by atoms with Crippen LogP contribution in [0.5, 0.6) is 0 Å². The van der Waals surface area contributed by atoms with Crippen molar-refractivity contribution in [3.05, 3.63) is 29.8 Å². The molecule has 1 aliphatic heterocycles. The van der Waals surface area contributed by atoms with E-state index < -0.39 is 0 Å². The Balaban J connectivity index is 2.45. The molecule has 1 aliphatic rings. The predicted octanol–water partition coefficient (Wildman–Crippen LogP) is 2.54. The second kappa shape index (κ2) is 3.37. The second-order valence-corrected chi connectivity index (χ2v) is 3.97. The third-order valence-corrected chi connectivity index (χ3v) is 3.15. The Bertz CT molecular complexity index is 344. The van der Waals surface area contributed by atoms with Gasteiger partial charge in [-0.2, -0.15) is 0 Å². The lowest BCUT2D eigenvalue weighted by atomic mass is 10.2. The number of rotatable bonds is 0. The molecule has 0 aromatic heterocycles. The third kappa shape index (κ3) is 1.57. The van der Waals surface area contributed by atoms with Gasteiger partial charge < -0.3 is 0 Å². The van der Waals surface area contributed by atoms with Gasteiger partial charge in [-0.3, -0.25) is 0 Å². The molecule has 0 radical (unpaired) electrons. The zero-order valence-electron chi connectivity index (χ0n) is 6.36. The summed E-state index contributed by atoms with van der Waals surface area (Å²) >= 11 is 6.77. The maximum Gasteiger partial charge on any atom is 0.113 e. The molecule has 0 saturated heterocycles. The van der Waals surface area contributed by atoms with Gasteiger partial charge in [0.25, 0.3) is 0 Å². The summed E-state index contributed by atoms with van der Waals surface area (Å²) in [6.45, 7) is 0. The quantitative estimate of drug-likeness (QED) is 0.587. The van der Waals surface area contributed by atoms with E-state index in [0.29, 0.717) is 0 Å². The number of hydrogen-bond donors (Lipinski definition) is 0. The first-order valence-electron chi connectivity index (χ1n) is 3.65. The van der Waals surface area contributed by atoms with E-state index in [1.165, 1.54) is 10.5 Å². The van der Waals surface area contributed by atoms with Crippen LogP contribution in [0.3, 0.4) is 0 Å². The number of thiocarbonyl (C=S) groups is 1. The lowest BCUT2D eigenvalue weighted by Gasteiger charge is -1.98. The molecule has 0 aliphatic carbocycles. The van der Waals surface area contributed by atoms with E-state index in [9.17, 15) is 0 Å². The summed E-state index contributed by atoms with van der Waals surface area (Å²) in [7, 11) is 0. The first kappa shape index (κ1) is 7.95. The van der Waals surface area contributed by atoms with Crippen LogP contribution in [0.1, 0.15) is 5.56 Å². The highest BCUT2D eigenvalue weighted by Crippen LogP contribution is 2.23. The largest absolute Gasteiger partial charge is 0.248 e. The zero-order chi connectivity index (χ0) is 8.39. The van der Waals surface area contributed by atoms with Crippen molar-refractivity contribution in [3.63, 3.8) is 0 Å². The molecule has 1 aromatic carbocycles. The lowest BCUT2D eigenvalue weighted by molar-refractivity contribution is 1.44. The van der Waals surface area contributed by atoms with Gasteiger partial charge in [-0.25, -0.2) is 4.99 Å². The molecule has 0 unspecified atom stereocenters. The topological polar surface area (TPSA) is 12.4 Å². The van der Waals surface area contributed by atoms with Gasteiger partial charge in [0.1, 0.15) is 4.99 Å². The van der Waals surface area contributed by atoms with E-state index in [1.54, 1.807) is 11.8 Å². The van der Waals surface area contributed by atoms with Crippen LogP contribution in [-0.4, -0.2) is 17.0 Å². The first-order chi connectivity index (χ1) is 5.86. The Hall–Kier alpha value is -0.670. The Labute approximate surface area is 80.9 Å². The SMILES string of the molecule is S=C1CSc2ccccc2C=N1. The van der Waals surface area contributed by atoms with Gasteiger partial charge in [0, 0.05) is 16.7 Å². The van der Waals surface area contributed by atoms with Crippen LogP contribution in [-0.2, 0) is 0 Å². The Morgan fingerprint density at radius 2 is 2.17 bits per heavy atom. The highest BCUT2D eigenvalue weighted by Gasteiger charge is 2.05. The van der Waals surface area contributed by atoms with Gasteiger partial charge >= 0.3 is 0 Å². The minimum absolute atomic E-state index is 0.774. The van der Waals surface area contributed by atoms with E-state index in [2.05, 4.69) is 17.1 Å². The lowest BCUT2D eigenvalue weighted by Crippen LogP contribution is -1.89. The highest BCUT2D eigenvalue weighted by atomic mass is 32.2. The molecule has 0 fully saturated rings. The number of benzene rings is 1. The van der Waals surface area contributed by atoms with E-state index >= 15 is 0 Å². The second-order valence-electron chi connectivity index (χ2n) is 2.48. The van der Waals surface area contributed by atoms with E-state index in [4.69, 9.17) is 12.2 Å². The molecular formula is C9H7NS2. The Kier molecular flexibility index (Phi) is 2.23. The standard InChI is InChI=1S/C9H7NS2/c11-9-6-12-8-4-2-1-3-7(8)5-10-9/h1-5H,6H2. The molecule has 0 saturated carbocycles. The summed E-state index contributed by atoms with van der Waals surface area (Å²) in [5.41, 5.74) is 1.17. The molecule has 60 valence electrons. The number of fused-ring (bicyclic) bond motifs is 1. The first-order valence-corrected chi connectivity index (χ1v) is 5.04. The number of hydrogen-bond acceptors (Lipinski definition) is 2. The predicted molar refractivity (Wildman–Crippen MR) is 57.4 cm³/mol. The molecule has 0 N–H and O–H groups in total. The molecule has 0 atom stereocenters. The fourth-order valence-electron chi connectivity index (χ4n) is 1.04. The molecule has 1 nitrogen and oxygen atoms in total. The van der Waals surface area contributed by atoms with Crippen molar-refractivity contribution < 1.29 is 0 Å². The summed E-state index contributed by atoms with van der Waals surface area (Å²) in [6.07, 6.45) is 1.84. The average Bonchev–Trinajstić information content (AvgIpc) is 2.29. The Morgan fingerprint density at radius 3 is 3.08 bits per heavy atom. The van der Waals surface area contributed by atoms with Crippen LogP contribution in [0.15, 0.2) is 34.2 Å². The number of nitrogens with zero attached hydrogens (tertiary/aromatic N) is 1. The highest BCUT2D eigenvalue weighted by molar-refractivity contribution is 8.01. The van der Waals surface area contributed by atoms with Crippen molar-refractivity contribution in [2.75, 3.05) is 5.75 Å². The fraction of sp³-hybridized carbons (Fsp3) is 0.111. The van der Waals surface area contributed by atoms with Crippen molar-refractivity contribution in [1.82, 2.24) is 0 Å². The summed E-state index contributed by atoms with van der Waals surface area (Å²) < 4.78 is 0. The Morgan fingerprint density at radius 1 is 1.33 bits per heavy atom. The summed E-state index contributed by atoms with van der Waals surface area (Å²) in [5.74, 6) is 0.822. The summed E-state index contributed by atoms with van der Waals surface area (Å²) in [4.78, 5) is 6.19. The van der Waals surface area contributed by atoms with Crippen molar-refractivity contribution in [1.29, 1.82) is 0 Å². The smallest absolute Gasteiger partial charge is 0.113 e. The summed E-state index contributed by atoms with van der Waals surface area (Å²) in [6, 6.07) is 8.20. The van der Waals surface area contributed by atoms with E-state index in [-0.39, 0.29) is 0 Å². The van der Waals surface area contributed by atoms with Crippen LogP contribution in [0.2, 0.25) is 0 Å². The molecule has 2 rings (SSSR count). The van der Waals surface area contributed by atoms with Crippen molar-refractivity contribution >= 4 is 35.2 Å². The van der Waals surface area contributed by atoms with Crippen LogP contribution in [0.4, 0.5) is 0 Å². The van der Waals surface area contributed by atoms with Gasteiger partial charge in [-0.05, 0) is 6.07 Å². The molecule has 1 heterocycles. The van der Waals surface area contributed by atoms with Gasteiger partial charge in [0.05, 0.1) is 5.75 Å². The number of thioether (sulfide) groups is 1. The molecule has 0 amide bonds. The van der Waals surface area contributed by atoms with Gasteiger partial charge in [-0.15, -0.1) is 11.8 Å². The van der Waals surface area contributed by atoms with Gasteiger partial charge in [-0.1, -0.05) is 30.4 Å². The van der Waals surface area contributed by atoms with E-state index in [0.717, 1.165) is 10.7 Å². The zero-order valence-corrected chi connectivity index (χ0v) is 7.99. The minimum Gasteiger partial charge on any atom is -0.248 e. The van der Waals surface area contributed by atoms with Crippen LogP contribution >= 0.6 is 24.0 Å². The van der Waals surface area contributed by atoms with Gasteiger partial charge in [0.15, 0.2) is 0 Å². The van der Waals surface area contributed by atoms with Gasteiger partial charge in [0.2, 0.25) is 0 Å². The summed E-state index contributed by atoms with van der Waals surface area (Å²) in [5, 5.41) is 0. The molecule has 0 bridgehead atoms. The normalized spacial score (nSPS) is 15.5. The maximum absolute atomic E-state index is 5.02. The van der Waals surface area contributed by atoms with Crippen molar-refractivity contribution in [2.45, 2.75) is 4.90 Å². The average molecular weight is 193 g/mol. The number of aliphatic imine (C=N–C) groups is 1. The van der Waals surface area contributed by atoms with Crippen molar-refractivity contribution in [2.24, 2.45) is 4.99 Å². The third-order valence-electron chi connectivity index (χ3n) is 1.62. The van der Waals surface area contributed by atoms with Crippen LogP contribution in [0.25, 0.3) is 0 Å². The molecule has 3 heteroatoms. The van der Waals surface area contributed by atoms with E-state index in [1.807, 2.05) is 18.3 Å². The molecule has 0 spiro atoms. The van der Waals surface area contributed by atoms with Crippen LogP contribution in [0, 0.1) is 0 Å². The molecular weight excluding hydrogens is 186 g/mol. The molecule has 1 aromatic rings. The minimum atomic E-state index is 0.774. The van der Waals surface area contributed by atoms with Crippen LogP contribution < -0.4 is 0 Å². The fourth-order valence-corrected chi connectivity index (χ4v) is 2.08. The van der Waals surface area contributed by atoms with Crippen molar-refractivity contribution in [3.8, 4) is 0 Å². The molecule has 12 heavy (non-hydrogen) atoms.